The van der Waals surface area contributed by atoms with Gasteiger partial charge in [-0.1, -0.05) is 38.3 Å². The van der Waals surface area contributed by atoms with Crippen molar-refractivity contribution < 1.29 is 4.79 Å². The molecule has 0 aliphatic rings. The number of unbranched alkanes of at least 4 members (excludes halogenated alkanes) is 2. The van der Waals surface area contributed by atoms with Crippen molar-refractivity contribution >= 4 is 21.8 Å². The largest absolute Gasteiger partial charge is 0.339 e. The number of hydrogen-bond donors (Lipinski definition) is 0. The van der Waals surface area contributed by atoms with Gasteiger partial charge in [0.15, 0.2) is 0 Å². The van der Waals surface area contributed by atoms with E-state index in [9.17, 15) is 4.79 Å². The van der Waals surface area contributed by atoms with Gasteiger partial charge in [-0.2, -0.15) is 0 Å². The Bertz CT molecular complexity index is 409. The first kappa shape index (κ1) is 16.2. The molecule has 1 rings (SSSR count). The molecule has 3 heteroatoms. The molecule has 0 saturated carbocycles. The minimum atomic E-state index is 0.150. The van der Waals surface area contributed by atoms with Crippen molar-refractivity contribution in [3.8, 4) is 0 Å². The third kappa shape index (κ3) is 4.98. The maximum absolute atomic E-state index is 12.6. The van der Waals surface area contributed by atoms with Gasteiger partial charge in [-0.05, 0) is 47.8 Å². The van der Waals surface area contributed by atoms with Crippen LogP contribution in [0, 0.1) is 6.92 Å². The fraction of sp³-hybridized carbons (Fsp3) is 0.562. The summed E-state index contributed by atoms with van der Waals surface area (Å²) in [6.07, 6.45) is 4.37. The second-order valence-electron chi connectivity index (χ2n) is 4.98. The Hall–Kier alpha value is -0.830. The van der Waals surface area contributed by atoms with E-state index < -0.39 is 0 Å². The zero-order chi connectivity index (χ0) is 14.3. The third-order valence-electron chi connectivity index (χ3n) is 3.20. The number of aryl methyl sites for hydroxylation is 1. The van der Waals surface area contributed by atoms with E-state index in [1.54, 1.807) is 0 Å². The predicted molar refractivity (Wildman–Crippen MR) is 84.6 cm³/mol. The summed E-state index contributed by atoms with van der Waals surface area (Å²) < 4.78 is 0.890. The van der Waals surface area contributed by atoms with Crippen LogP contribution in [-0.4, -0.2) is 23.9 Å². The molecule has 0 spiro atoms. The molecule has 0 heterocycles. The van der Waals surface area contributed by atoms with E-state index >= 15 is 0 Å². The van der Waals surface area contributed by atoms with Gasteiger partial charge in [-0.25, -0.2) is 0 Å². The summed E-state index contributed by atoms with van der Waals surface area (Å²) >= 11 is 3.49. The van der Waals surface area contributed by atoms with Gasteiger partial charge in [0, 0.05) is 17.6 Å². The summed E-state index contributed by atoms with van der Waals surface area (Å²) in [5.74, 6) is 0.150. The number of rotatable bonds is 7. The number of carbonyl (C=O) groups excluding carboxylic acids is 1. The van der Waals surface area contributed by atoms with Crippen LogP contribution in [0.3, 0.4) is 0 Å². The fourth-order valence-electron chi connectivity index (χ4n) is 1.99. The lowest BCUT2D eigenvalue weighted by Crippen LogP contribution is -2.33. The summed E-state index contributed by atoms with van der Waals surface area (Å²) in [6, 6.07) is 5.95. The monoisotopic (exact) mass is 325 g/mol. The maximum atomic E-state index is 12.6. The van der Waals surface area contributed by atoms with Gasteiger partial charge in [0.2, 0.25) is 0 Å². The molecule has 1 aromatic carbocycles. The van der Waals surface area contributed by atoms with E-state index in [2.05, 4.69) is 29.8 Å². The summed E-state index contributed by atoms with van der Waals surface area (Å²) in [6.45, 7) is 8.05. The second-order valence-corrected chi connectivity index (χ2v) is 5.84. The van der Waals surface area contributed by atoms with E-state index in [1.165, 1.54) is 0 Å². The average molecular weight is 326 g/mol. The van der Waals surface area contributed by atoms with E-state index in [-0.39, 0.29) is 5.91 Å². The molecule has 19 heavy (non-hydrogen) atoms. The molecule has 0 aliphatic carbocycles. The SMILES string of the molecule is CCCCN(CCCC)C(=O)c1cc(C)ccc1Br. The smallest absolute Gasteiger partial charge is 0.255 e. The van der Waals surface area contributed by atoms with Gasteiger partial charge in [-0.3, -0.25) is 4.79 Å². The highest BCUT2D eigenvalue weighted by Gasteiger charge is 2.17. The topological polar surface area (TPSA) is 20.3 Å². The van der Waals surface area contributed by atoms with Crippen LogP contribution < -0.4 is 0 Å². The number of carbonyl (C=O) groups is 1. The highest BCUT2D eigenvalue weighted by molar-refractivity contribution is 9.10. The first-order valence-corrected chi connectivity index (χ1v) is 7.94. The Morgan fingerprint density at radius 1 is 1.16 bits per heavy atom. The van der Waals surface area contributed by atoms with Crippen molar-refractivity contribution in [2.75, 3.05) is 13.1 Å². The second kappa shape index (κ2) is 8.36. The standard InChI is InChI=1S/C16H24BrNO/c1-4-6-10-18(11-7-5-2)16(19)14-12-13(3)8-9-15(14)17/h8-9,12H,4-7,10-11H2,1-3H3. The lowest BCUT2D eigenvalue weighted by Gasteiger charge is -2.23. The van der Waals surface area contributed by atoms with Crippen molar-refractivity contribution in [3.05, 3.63) is 33.8 Å². The first-order chi connectivity index (χ1) is 9.10. The van der Waals surface area contributed by atoms with Crippen molar-refractivity contribution in [1.82, 2.24) is 4.90 Å². The number of amides is 1. The minimum Gasteiger partial charge on any atom is -0.339 e. The minimum absolute atomic E-state index is 0.150. The Morgan fingerprint density at radius 2 is 1.74 bits per heavy atom. The molecule has 0 N–H and O–H groups in total. The Balaban J connectivity index is 2.87. The van der Waals surface area contributed by atoms with Crippen LogP contribution in [0.1, 0.15) is 55.5 Å². The van der Waals surface area contributed by atoms with Gasteiger partial charge in [0.05, 0.1) is 5.56 Å². The molecule has 2 nitrogen and oxygen atoms in total. The molecule has 0 saturated heterocycles. The van der Waals surface area contributed by atoms with E-state index in [4.69, 9.17) is 0 Å². The van der Waals surface area contributed by atoms with Crippen LogP contribution in [0.5, 0.6) is 0 Å². The van der Waals surface area contributed by atoms with Crippen molar-refractivity contribution in [3.63, 3.8) is 0 Å². The Labute approximate surface area is 125 Å². The highest BCUT2D eigenvalue weighted by Crippen LogP contribution is 2.20. The van der Waals surface area contributed by atoms with Crippen LogP contribution in [0.25, 0.3) is 0 Å². The molecule has 1 aromatic rings. The zero-order valence-electron chi connectivity index (χ0n) is 12.2. The number of benzene rings is 1. The summed E-state index contributed by atoms with van der Waals surface area (Å²) in [5.41, 5.74) is 1.91. The molecule has 0 aliphatic heterocycles. The molecule has 0 aromatic heterocycles. The van der Waals surface area contributed by atoms with E-state index in [0.717, 1.165) is 54.4 Å². The molecule has 1 amide bonds. The van der Waals surface area contributed by atoms with Gasteiger partial charge in [0.25, 0.3) is 5.91 Å². The highest BCUT2D eigenvalue weighted by atomic mass is 79.9. The summed E-state index contributed by atoms with van der Waals surface area (Å²) in [4.78, 5) is 14.6. The van der Waals surface area contributed by atoms with Gasteiger partial charge >= 0.3 is 0 Å². The maximum Gasteiger partial charge on any atom is 0.255 e. The van der Waals surface area contributed by atoms with Gasteiger partial charge in [0.1, 0.15) is 0 Å². The average Bonchev–Trinajstić information content (AvgIpc) is 2.41. The zero-order valence-corrected chi connectivity index (χ0v) is 13.8. The van der Waals surface area contributed by atoms with Crippen LogP contribution in [0.2, 0.25) is 0 Å². The fourth-order valence-corrected chi connectivity index (χ4v) is 2.40. The summed E-state index contributed by atoms with van der Waals surface area (Å²) in [5, 5.41) is 0. The lowest BCUT2D eigenvalue weighted by atomic mass is 10.1. The van der Waals surface area contributed by atoms with Crippen molar-refractivity contribution in [1.29, 1.82) is 0 Å². The van der Waals surface area contributed by atoms with Gasteiger partial charge in [-0.15, -0.1) is 0 Å². The Morgan fingerprint density at radius 3 is 2.26 bits per heavy atom. The molecule has 0 atom stereocenters. The molecule has 0 bridgehead atoms. The number of nitrogens with zero attached hydrogens (tertiary/aromatic N) is 1. The lowest BCUT2D eigenvalue weighted by molar-refractivity contribution is 0.0750. The first-order valence-electron chi connectivity index (χ1n) is 7.15. The Kier molecular flexibility index (Phi) is 7.14. The van der Waals surface area contributed by atoms with Crippen LogP contribution in [0.4, 0.5) is 0 Å². The molecular weight excluding hydrogens is 302 g/mol. The van der Waals surface area contributed by atoms with Crippen LogP contribution in [-0.2, 0) is 0 Å². The normalized spacial score (nSPS) is 10.5. The van der Waals surface area contributed by atoms with Gasteiger partial charge < -0.3 is 4.90 Å². The molecule has 0 fully saturated rings. The predicted octanol–water partition coefficient (Wildman–Crippen LogP) is 4.80. The van der Waals surface area contributed by atoms with Crippen molar-refractivity contribution in [2.45, 2.75) is 46.5 Å². The van der Waals surface area contributed by atoms with E-state index in [1.807, 2.05) is 30.0 Å². The quantitative estimate of drug-likeness (QED) is 0.705. The molecule has 106 valence electrons. The van der Waals surface area contributed by atoms with Crippen LogP contribution >= 0.6 is 15.9 Å². The molecule has 0 radical (unpaired) electrons. The third-order valence-corrected chi connectivity index (χ3v) is 3.89. The number of hydrogen-bond acceptors (Lipinski definition) is 1. The van der Waals surface area contributed by atoms with Crippen LogP contribution in [0.15, 0.2) is 22.7 Å². The molecular formula is C16H24BrNO. The molecule has 0 unspecified atom stereocenters. The number of halogens is 1. The summed E-state index contributed by atoms with van der Waals surface area (Å²) in [7, 11) is 0. The van der Waals surface area contributed by atoms with Crippen molar-refractivity contribution in [2.24, 2.45) is 0 Å². The van der Waals surface area contributed by atoms with E-state index in [0.29, 0.717) is 0 Å².